The van der Waals surface area contributed by atoms with Crippen molar-refractivity contribution in [2.45, 2.75) is 6.04 Å². The molecule has 9 nitrogen and oxygen atoms in total. The first-order valence-electron chi connectivity index (χ1n) is 5.38. The number of rotatable bonds is 6. The summed E-state index contributed by atoms with van der Waals surface area (Å²) in [7, 11) is 0. The SMILES string of the molecule is OCC1=C(CO)N(CO)N(CO)N(CO)C1CO. The molecule has 9 heteroatoms. The highest BCUT2D eigenvalue weighted by atomic mass is 16.3. The molecular weight excluding hydrogens is 246 g/mol. The second-order valence-electron chi connectivity index (χ2n) is 3.62. The van der Waals surface area contributed by atoms with Gasteiger partial charge in [-0.15, -0.1) is 5.12 Å². The summed E-state index contributed by atoms with van der Waals surface area (Å²) in [5, 5.41) is 59.0. The van der Waals surface area contributed by atoms with E-state index < -0.39 is 46.1 Å². The summed E-state index contributed by atoms with van der Waals surface area (Å²) < 4.78 is 0. The van der Waals surface area contributed by atoms with E-state index in [1.54, 1.807) is 0 Å². The van der Waals surface area contributed by atoms with Gasteiger partial charge in [0, 0.05) is 0 Å². The van der Waals surface area contributed by atoms with Crippen molar-refractivity contribution in [2.75, 3.05) is 40.0 Å². The number of aliphatic hydroxyl groups is 6. The van der Waals surface area contributed by atoms with Gasteiger partial charge in [0.15, 0.2) is 0 Å². The van der Waals surface area contributed by atoms with E-state index in [9.17, 15) is 30.6 Å². The van der Waals surface area contributed by atoms with Crippen LogP contribution in [0.3, 0.4) is 0 Å². The van der Waals surface area contributed by atoms with Gasteiger partial charge in [-0.1, -0.05) is 0 Å². The minimum Gasteiger partial charge on any atom is -0.394 e. The molecule has 0 saturated heterocycles. The molecule has 1 unspecified atom stereocenters. The van der Waals surface area contributed by atoms with Gasteiger partial charge >= 0.3 is 0 Å². The summed E-state index contributed by atoms with van der Waals surface area (Å²) in [6.45, 7) is -3.02. The van der Waals surface area contributed by atoms with Crippen molar-refractivity contribution in [3.8, 4) is 0 Å². The van der Waals surface area contributed by atoms with Gasteiger partial charge in [0.1, 0.15) is 20.2 Å². The second kappa shape index (κ2) is 6.97. The smallest absolute Gasteiger partial charge is 0.131 e. The van der Waals surface area contributed by atoms with Gasteiger partial charge in [0.05, 0.1) is 31.6 Å². The Morgan fingerprint density at radius 2 is 1.50 bits per heavy atom. The molecule has 0 aromatic rings. The monoisotopic (exact) mass is 265 g/mol. The van der Waals surface area contributed by atoms with Crippen LogP contribution in [0.5, 0.6) is 0 Å². The van der Waals surface area contributed by atoms with Crippen LogP contribution in [-0.4, -0.2) is 91.8 Å². The molecule has 0 bridgehead atoms. The maximum atomic E-state index is 9.31. The molecule has 1 aliphatic rings. The van der Waals surface area contributed by atoms with E-state index in [1.807, 2.05) is 0 Å². The number of aliphatic hydroxyl groups excluding tert-OH is 6. The number of hydrazine groups is 2. The molecule has 0 aromatic heterocycles. The highest BCUT2D eigenvalue weighted by Crippen LogP contribution is 2.26. The second-order valence-corrected chi connectivity index (χ2v) is 3.62. The normalized spacial score (nSPS) is 23.0. The van der Waals surface area contributed by atoms with Crippen LogP contribution in [0.2, 0.25) is 0 Å². The van der Waals surface area contributed by atoms with Crippen LogP contribution in [0.15, 0.2) is 11.3 Å². The zero-order valence-electron chi connectivity index (χ0n) is 9.84. The molecule has 0 aromatic carbocycles. The molecule has 1 heterocycles. The molecule has 0 radical (unpaired) electrons. The fourth-order valence-electron chi connectivity index (χ4n) is 2.05. The van der Waals surface area contributed by atoms with Crippen LogP contribution in [0, 0.1) is 0 Å². The Labute approximate surface area is 104 Å². The lowest BCUT2D eigenvalue weighted by atomic mass is 10.0. The van der Waals surface area contributed by atoms with Crippen molar-refractivity contribution in [2.24, 2.45) is 0 Å². The predicted octanol–water partition coefficient (Wildman–Crippen LogP) is -3.81. The van der Waals surface area contributed by atoms with Gasteiger partial charge < -0.3 is 30.6 Å². The molecule has 1 rings (SSSR count). The largest absolute Gasteiger partial charge is 0.394 e. The standard InChI is InChI=1S/C9H19N3O6/c13-1-7-8(2-14)10(4-16)12(6-18)11(5-17)9(7)3-15/h8,13-18H,1-6H2. The highest BCUT2D eigenvalue weighted by Gasteiger charge is 2.37. The Hall–Kier alpha value is -0.780. The van der Waals surface area contributed by atoms with Gasteiger partial charge in [0.2, 0.25) is 0 Å². The van der Waals surface area contributed by atoms with E-state index in [4.69, 9.17) is 0 Å². The molecule has 1 atom stereocenters. The van der Waals surface area contributed by atoms with Crippen LogP contribution >= 0.6 is 0 Å². The summed E-state index contributed by atoms with van der Waals surface area (Å²) in [6, 6.07) is -0.780. The number of hydrogen-bond donors (Lipinski definition) is 6. The molecule has 0 saturated carbocycles. The van der Waals surface area contributed by atoms with Crippen LogP contribution in [0.1, 0.15) is 0 Å². The third kappa shape index (κ3) is 2.48. The highest BCUT2D eigenvalue weighted by molar-refractivity contribution is 5.22. The summed E-state index contributed by atoms with van der Waals surface area (Å²) in [5.74, 6) is 0. The fourth-order valence-corrected chi connectivity index (χ4v) is 2.05. The van der Waals surface area contributed by atoms with Crippen LogP contribution in [0.25, 0.3) is 0 Å². The van der Waals surface area contributed by atoms with E-state index in [0.717, 1.165) is 10.1 Å². The zero-order chi connectivity index (χ0) is 13.7. The van der Waals surface area contributed by atoms with Crippen molar-refractivity contribution >= 4 is 0 Å². The third-order valence-electron chi connectivity index (χ3n) is 2.92. The van der Waals surface area contributed by atoms with Crippen molar-refractivity contribution in [1.29, 1.82) is 0 Å². The van der Waals surface area contributed by atoms with E-state index in [-0.39, 0.29) is 11.3 Å². The molecule has 18 heavy (non-hydrogen) atoms. The average Bonchev–Trinajstić information content (AvgIpc) is 2.43. The number of nitrogens with zero attached hydrogens (tertiary/aromatic N) is 3. The summed E-state index contributed by atoms with van der Waals surface area (Å²) >= 11 is 0. The number of hydrogen-bond acceptors (Lipinski definition) is 9. The molecule has 0 aliphatic carbocycles. The van der Waals surface area contributed by atoms with Crippen molar-refractivity contribution in [3.05, 3.63) is 11.3 Å². The quantitative estimate of drug-likeness (QED) is 0.286. The van der Waals surface area contributed by atoms with Gasteiger partial charge in [0.25, 0.3) is 0 Å². The molecule has 106 valence electrons. The third-order valence-corrected chi connectivity index (χ3v) is 2.92. The predicted molar refractivity (Wildman–Crippen MR) is 58.8 cm³/mol. The summed E-state index contributed by atoms with van der Waals surface area (Å²) in [6.07, 6.45) is 0. The molecule has 0 fully saturated rings. The fraction of sp³-hybridized carbons (Fsp3) is 0.778. The van der Waals surface area contributed by atoms with Gasteiger partial charge in [-0.05, 0) is 5.57 Å². The Morgan fingerprint density at radius 3 is 1.83 bits per heavy atom. The minimum atomic E-state index is -0.780. The molecule has 1 aliphatic heterocycles. The summed E-state index contributed by atoms with van der Waals surface area (Å²) in [5.41, 5.74) is 0.450. The van der Waals surface area contributed by atoms with Crippen molar-refractivity contribution < 1.29 is 30.6 Å². The van der Waals surface area contributed by atoms with E-state index >= 15 is 0 Å². The molecule has 6 N–H and O–H groups in total. The first-order chi connectivity index (χ1) is 8.69. The van der Waals surface area contributed by atoms with Gasteiger partial charge in [-0.25, -0.2) is 0 Å². The molecule has 0 amide bonds. The minimum absolute atomic E-state index is 0.179. The summed E-state index contributed by atoms with van der Waals surface area (Å²) in [4.78, 5) is 0. The van der Waals surface area contributed by atoms with Gasteiger partial charge in [-0.3, -0.25) is 5.01 Å². The zero-order valence-corrected chi connectivity index (χ0v) is 9.84. The Bertz CT molecular complexity index is 272. The molecular formula is C9H19N3O6. The van der Waals surface area contributed by atoms with Crippen LogP contribution in [-0.2, 0) is 0 Å². The Morgan fingerprint density at radius 1 is 0.833 bits per heavy atom. The van der Waals surface area contributed by atoms with E-state index in [0.29, 0.717) is 0 Å². The van der Waals surface area contributed by atoms with E-state index in [1.165, 1.54) is 5.01 Å². The topological polar surface area (TPSA) is 131 Å². The van der Waals surface area contributed by atoms with Crippen molar-refractivity contribution in [3.63, 3.8) is 0 Å². The van der Waals surface area contributed by atoms with Crippen LogP contribution < -0.4 is 0 Å². The molecule has 0 spiro atoms. The van der Waals surface area contributed by atoms with Crippen molar-refractivity contribution in [1.82, 2.24) is 15.1 Å². The maximum absolute atomic E-state index is 9.31. The van der Waals surface area contributed by atoms with Gasteiger partial charge in [-0.2, -0.15) is 5.01 Å². The van der Waals surface area contributed by atoms with Crippen LogP contribution in [0.4, 0.5) is 0 Å². The Balaban J connectivity index is 3.25. The first kappa shape index (κ1) is 15.3. The lowest BCUT2D eigenvalue weighted by Crippen LogP contribution is -2.63. The lowest BCUT2D eigenvalue weighted by molar-refractivity contribution is -0.272. The van der Waals surface area contributed by atoms with E-state index in [2.05, 4.69) is 0 Å². The first-order valence-corrected chi connectivity index (χ1v) is 5.38. The average molecular weight is 265 g/mol. The maximum Gasteiger partial charge on any atom is 0.131 e. The lowest BCUT2D eigenvalue weighted by Gasteiger charge is -2.49. The Kier molecular flexibility index (Phi) is 5.91.